The minimum atomic E-state index is -0.257. The Balaban J connectivity index is 1.43. The van der Waals surface area contributed by atoms with Crippen molar-refractivity contribution in [2.45, 2.75) is 11.5 Å². The van der Waals surface area contributed by atoms with Crippen molar-refractivity contribution in [1.29, 1.82) is 0 Å². The van der Waals surface area contributed by atoms with E-state index in [2.05, 4.69) is 15.1 Å². The Kier molecular flexibility index (Phi) is 5.02. The summed E-state index contributed by atoms with van der Waals surface area (Å²) in [5, 5.41) is 4.82. The van der Waals surface area contributed by atoms with Gasteiger partial charge in [0.05, 0.1) is 18.4 Å². The minimum absolute atomic E-state index is 0.257. The molecule has 2 aromatic carbocycles. The average Bonchev–Trinajstić information content (AvgIpc) is 3.17. The molecule has 4 rings (SSSR count). The van der Waals surface area contributed by atoms with E-state index in [1.165, 1.54) is 12.1 Å². The van der Waals surface area contributed by atoms with E-state index in [4.69, 9.17) is 9.26 Å². The Morgan fingerprint density at radius 1 is 1.11 bits per heavy atom. The van der Waals surface area contributed by atoms with Crippen LogP contribution < -0.4 is 4.74 Å². The molecule has 7 heteroatoms. The number of benzene rings is 2. The summed E-state index contributed by atoms with van der Waals surface area (Å²) in [4.78, 5) is 8.78. The molecule has 0 aliphatic rings. The number of hydrogen-bond donors (Lipinski definition) is 0. The summed E-state index contributed by atoms with van der Waals surface area (Å²) >= 11 is 1.59. The number of aromatic nitrogens is 3. The highest BCUT2D eigenvalue weighted by Crippen LogP contribution is 2.25. The first-order valence-corrected chi connectivity index (χ1v) is 9.46. The molecular formula is C20H16FN3O2S. The van der Waals surface area contributed by atoms with Crippen LogP contribution in [0.1, 0.15) is 11.4 Å². The molecule has 27 heavy (non-hydrogen) atoms. The van der Waals surface area contributed by atoms with Crippen molar-refractivity contribution in [2.24, 2.45) is 0 Å². The van der Waals surface area contributed by atoms with E-state index in [0.717, 1.165) is 27.8 Å². The molecule has 0 bridgehead atoms. The van der Waals surface area contributed by atoms with Gasteiger partial charge in [-0.1, -0.05) is 11.2 Å². The van der Waals surface area contributed by atoms with Crippen LogP contribution >= 0.6 is 11.8 Å². The normalized spacial score (nSPS) is 11.0. The van der Waals surface area contributed by atoms with Crippen LogP contribution in [0.25, 0.3) is 22.4 Å². The monoisotopic (exact) mass is 381 g/mol. The van der Waals surface area contributed by atoms with Gasteiger partial charge in [-0.2, -0.15) is 4.98 Å². The Morgan fingerprint density at radius 3 is 2.78 bits per heavy atom. The van der Waals surface area contributed by atoms with Gasteiger partial charge in [0.2, 0.25) is 0 Å². The van der Waals surface area contributed by atoms with Gasteiger partial charge in [0, 0.05) is 22.9 Å². The lowest BCUT2D eigenvalue weighted by molar-refractivity contribution is 0.414. The summed E-state index contributed by atoms with van der Waals surface area (Å²) in [7, 11) is 1.62. The predicted octanol–water partition coefficient (Wildman–Crippen LogP) is 4.87. The maximum Gasteiger partial charge on any atom is 0.257 e. The number of ether oxygens (including phenoxy) is 1. The Labute approximate surface area is 159 Å². The number of fused-ring (bicyclic) bond motifs is 1. The van der Waals surface area contributed by atoms with E-state index in [1.807, 2.05) is 30.3 Å². The van der Waals surface area contributed by atoms with Crippen molar-refractivity contribution in [1.82, 2.24) is 15.1 Å². The number of thioether (sulfide) groups is 1. The molecule has 0 aliphatic heterocycles. The zero-order valence-electron chi connectivity index (χ0n) is 14.6. The number of pyridine rings is 1. The third kappa shape index (κ3) is 3.93. The second-order valence-corrected chi connectivity index (χ2v) is 6.86. The van der Waals surface area contributed by atoms with Crippen LogP contribution in [0.4, 0.5) is 4.39 Å². The van der Waals surface area contributed by atoms with Gasteiger partial charge < -0.3 is 9.26 Å². The number of methoxy groups -OCH3 is 1. The highest BCUT2D eigenvalue weighted by atomic mass is 32.2. The van der Waals surface area contributed by atoms with Crippen LogP contribution in [0.3, 0.4) is 0 Å². The second-order valence-electron chi connectivity index (χ2n) is 5.88. The van der Waals surface area contributed by atoms with Gasteiger partial charge in [0.15, 0.2) is 5.82 Å². The van der Waals surface area contributed by atoms with Crippen LogP contribution in [-0.4, -0.2) is 22.2 Å². The SMILES string of the molecule is COc1ccc(-c2nc(CSCc3cc(F)cc4cccnc34)no2)cc1. The van der Waals surface area contributed by atoms with E-state index < -0.39 is 0 Å². The Morgan fingerprint density at radius 2 is 1.96 bits per heavy atom. The summed E-state index contributed by atoms with van der Waals surface area (Å²) in [5.74, 6) is 2.74. The van der Waals surface area contributed by atoms with E-state index in [9.17, 15) is 4.39 Å². The molecule has 5 nitrogen and oxygen atoms in total. The average molecular weight is 381 g/mol. The summed E-state index contributed by atoms with van der Waals surface area (Å²) in [6.07, 6.45) is 1.72. The molecule has 2 heterocycles. The van der Waals surface area contributed by atoms with E-state index in [1.54, 1.807) is 31.1 Å². The molecule has 0 saturated carbocycles. The molecular weight excluding hydrogens is 365 g/mol. The molecule has 0 unspecified atom stereocenters. The van der Waals surface area contributed by atoms with Gasteiger partial charge in [0.25, 0.3) is 5.89 Å². The molecule has 0 spiro atoms. The van der Waals surface area contributed by atoms with Gasteiger partial charge in [-0.3, -0.25) is 4.98 Å². The topological polar surface area (TPSA) is 61.0 Å². The first-order chi connectivity index (χ1) is 13.2. The Bertz CT molecular complexity index is 1070. The molecule has 2 aromatic heterocycles. The fraction of sp³-hybridized carbons (Fsp3) is 0.150. The summed E-state index contributed by atoms with van der Waals surface area (Å²) in [6, 6.07) is 14.1. The molecule has 0 radical (unpaired) electrons. The van der Waals surface area contributed by atoms with Gasteiger partial charge in [0.1, 0.15) is 11.6 Å². The van der Waals surface area contributed by atoms with Crippen LogP contribution in [0, 0.1) is 5.82 Å². The molecule has 0 atom stereocenters. The number of hydrogen-bond acceptors (Lipinski definition) is 6. The van der Waals surface area contributed by atoms with Gasteiger partial charge in [-0.25, -0.2) is 4.39 Å². The van der Waals surface area contributed by atoms with Crippen molar-refractivity contribution in [3.63, 3.8) is 0 Å². The predicted molar refractivity (Wildman–Crippen MR) is 103 cm³/mol. The van der Waals surface area contributed by atoms with Crippen molar-refractivity contribution in [2.75, 3.05) is 7.11 Å². The van der Waals surface area contributed by atoms with E-state index >= 15 is 0 Å². The van der Waals surface area contributed by atoms with Gasteiger partial charge in [-0.15, -0.1) is 11.8 Å². The summed E-state index contributed by atoms with van der Waals surface area (Å²) in [6.45, 7) is 0. The quantitative estimate of drug-likeness (QED) is 0.475. The van der Waals surface area contributed by atoms with Crippen LogP contribution in [0.15, 0.2) is 59.3 Å². The lowest BCUT2D eigenvalue weighted by Gasteiger charge is -2.05. The molecule has 136 valence electrons. The number of halogens is 1. The third-order valence-corrected chi connectivity index (χ3v) is 5.02. The minimum Gasteiger partial charge on any atom is -0.497 e. The zero-order valence-corrected chi connectivity index (χ0v) is 15.4. The van der Waals surface area contributed by atoms with Gasteiger partial charge in [-0.05, 0) is 48.0 Å². The summed E-state index contributed by atoms with van der Waals surface area (Å²) < 4.78 is 24.3. The first-order valence-electron chi connectivity index (χ1n) is 8.31. The number of nitrogens with zero attached hydrogens (tertiary/aromatic N) is 3. The highest BCUT2D eigenvalue weighted by molar-refractivity contribution is 7.97. The van der Waals surface area contributed by atoms with Crippen molar-refractivity contribution in [3.8, 4) is 17.2 Å². The lowest BCUT2D eigenvalue weighted by atomic mass is 10.1. The molecule has 0 fully saturated rings. The molecule has 0 N–H and O–H groups in total. The van der Waals surface area contributed by atoms with Crippen molar-refractivity contribution < 1.29 is 13.7 Å². The smallest absolute Gasteiger partial charge is 0.257 e. The van der Waals surface area contributed by atoms with E-state index in [-0.39, 0.29) is 5.82 Å². The van der Waals surface area contributed by atoms with Crippen LogP contribution in [0.2, 0.25) is 0 Å². The first kappa shape index (κ1) is 17.5. The molecule has 0 aliphatic carbocycles. The fourth-order valence-corrected chi connectivity index (χ4v) is 3.60. The zero-order chi connectivity index (χ0) is 18.6. The van der Waals surface area contributed by atoms with Crippen LogP contribution in [0.5, 0.6) is 5.75 Å². The standard InChI is InChI=1S/C20H16FN3O2S/c1-25-17-6-4-13(5-7-17)20-23-18(24-26-20)12-27-11-15-10-16(21)9-14-3-2-8-22-19(14)15/h2-10H,11-12H2,1H3. The van der Waals surface area contributed by atoms with Gasteiger partial charge >= 0.3 is 0 Å². The van der Waals surface area contributed by atoms with Crippen molar-refractivity contribution >= 4 is 22.7 Å². The lowest BCUT2D eigenvalue weighted by Crippen LogP contribution is -1.91. The maximum absolute atomic E-state index is 13.8. The molecule has 0 amide bonds. The second kappa shape index (κ2) is 7.75. The maximum atomic E-state index is 13.8. The Hall–Kier alpha value is -2.93. The van der Waals surface area contributed by atoms with Crippen LogP contribution in [-0.2, 0) is 11.5 Å². The third-order valence-electron chi connectivity index (χ3n) is 4.04. The highest BCUT2D eigenvalue weighted by Gasteiger charge is 2.10. The van der Waals surface area contributed by atoms with E-state index in [0.29, 0.717) is 23.2 Å². The molecule has 0 saturated heterocycles. The fourth-order valence-electron chi connectivity index (χ4n) is 2.75. The van der Waals surface area contributed by atoms with Crippen molar-refractivity contribution in [3.05, 3.63) is 71.9 Å². The number of rotatable bonds is 6. The largest absolute Gasteiger partial charge is 0.497 e. The molecule has 4 aromatic rings. The summed E-state index contributed by atoms with van der Waals surface area (Å²) in [5.41, 5.74) is 2.51.